The maximum Gasteiger partial charge on any atom is 0.307 e. The lowest BCUT2D eigenvalue weighted by Crippen LogP contribution is -2.21. The van der Waals surface area contributed by atoms with Gasteiger partial charge in [-0.15, -0.1) is 0 Å². The molecular weight excluding hydrogens is 221 g/mol. The molecule has 17 heavy (non-hydrogen) atoms. The van der Waals surface area contributed by atoms with Crippen LogP contribution in [0.3, 0.4) is 0 Å². The third-order valence-electron chi connectivity index (χ3n) is 2.51. The Bertz CT molecular complexity index is 340. The van der Waals surface area contributed by atoms with Crippen molar-refractivity contribution in [1.82, 2.24) is 5.32 Å². The topological polar surface area (TPSA) is 49.3 Å². The van der Waals surface area contributed by atoms with Gasteiger partial charge >= 0.3 is 5.97 Å². The van der Waals surface area contributed by atoms with Crippen LogP contribution in [0.2, 0.25) is 0 Å². The lowest BCUT2D eigenvalue weighted by molar-refractivity contribution is -0.136. The molecule has 1 aliphatic rings. The predicted octanol–water partition coefficient (Wildman–Crippen LogP) is 2.21. The van der Waals surface area contributed by atoms with Crippen molar-refractivity contribution < 1.29 is 14.3 Å². The molecule has 1 fully saturated rings. The summed E-state index contributed by atoms with van der Waals surface area (Å²) in [6.45, 7) is 2.50. The van der Waals surface area contributed by atoms with Crippen molar-refractivity contribution in [2.45, 2.75) is 25.7 Å². The Morgan fingerprint density at radius 1 is 1.24 bits per heavy atom. The van der Waals surface area contributed by atoms with E-state index in [0.29, 0.717) is 0 Å². The quantitative estimate of drug-likeness (QED) is 0.832. The van der Waals surface area contributed by atoms with Gasteiger partial charge in [0.15, 0.2) is 0 Å². The highest BCUT2D eigenvalue weighted by molar-refractivity contribution is 5.70. The molecule has 0 spiro atoms. The van der Waals surface area contributed by atoms with Crippen molar-refractivity contribution in [2.75, 3.05) is 13.1 Å². The Kier molecular flexibility index (Phi) is 6.25. The van der Waals surface area contributed by atoms with Crippen molar-refractivity contribution >= 4 is 5.97 Å². The van der Waals surface area contributed by atoms with Gasteiger partial charge in [0.05, 0.1) is 6.42 Å². The average molecular weight is 239 g/mol. The van der Waals surface area contributed by atoms with Crippen molar-refractivity contribution in [3.8, 4) is 0 Å². The molecule has 0 aliphatic carbocycles. The average Bonchev–Trinajstić information content (AvgIpc) is 2.35. The summed E-state index contributed by atoms with van der Waals surface area (Å²) >= 11 is 0. The van der Waals surface area contributed by atoms with E-state index >= 15 is 0 Å². The SMILES string of the molecule is C1CCNCC1.O=C(O)Cc1ccccc1F. The predicted molar refractivity (Wildman–Crippen MR) is 64.5 cm³/mol. The second-order valence-electron chi connectivity index (χ2n) is 3.97. The number of hydrogen-bond acceptors (Lipinski definition) is 2. The first kappa shape index (κ1) is 13.6. The molecule has 1 saturated heterocycles. The Morgan fingerprint density at radius 3 is 2.29 bits per heavy atom. The van der Waals surface area contributed by atoms with E-state index in [1.54, 1.807) is 6.07 Å². The largest absolute Gasteiger partial charge is 0.481 e. The van der Waals surface area contributed by atoms with Crippen LogP contribution in [0.4, 0.5) is 4.39 Å². The molecular formula is C13H18FNO2. The van der Waals surface area contributed by atoms with Crippen LogP contribution in [-0.4, -0.2) is 24.2 Å². The second kappa shape index (κ2) is 7.79. The molecule has 2 rings (SSSR count). The van der Waals surface area contributed by atoms with Crippen LogP contribution in [-0.2, 0) is 11.2 Å². The number of benzene rings is 1. The molecule has 1 aromatic rings. The molecule has 0 amide bonds. The molecule has 0 atom stereocenters. The molecule has 0 aromatic heterocycles. The fraction of sp³-hybridized carbons (Fsp3) is 0.462. The van der Waals surface area contributed by atoms with Crippen LogP contribution >= 0.6 is 0 Å². The Hall–Kier alpha value is -1.42. The van der Waals surface area contributed by atoms with E-state index in [0.717, 1.165) is 0 Å². The molecule has 1 aromatic carbocycles. The van der Waals surface area contributed by atoms with E-state index in [9.17, 15) is 9.18 Å². The summed E-state index contributed by atoms with van der Waals surface area (Å²) in [7, 11) is 0. The molecule has 0 unspecified atom stereocenters. The number of carbonyl (C=O) groups is 1. The summed E-state index contributed by atoms with van der Waals surface area (Å²) in [5, 5.41) is 11.6. The number of piperidine rings is 1. The molecule has 1 aliphatic heterocycles. The van der Waals surface area contributed by atoms with Crippen LogP contribution in [0.25, 0.3) is 0 Å². The summed E-state index contributed by atoms with van der Waals surface area (Å²) in [4.78, 5) is 10.2. The molecule has 3 nitrogen and oxygen atoms in total. The van der Waals surface area contributed by atoms with Crippen molar-refractivity contribution in [1.29, 1.82) is 0 Å². The molecule has 4 heteroatoms. The first-order chi connectivity index (χ1) is 8.20. The maximum atomic E-state index is 12.7. The van der Waals surface area contributed by atoms with Gasteiger partial charge in [-0.3, -0.25) is 4.79 Å². The van der Waals surface area contributed by atoms with Gasteiger partial charge in [0.2, 0.25) is 0 Å². The van der Waals surface area contributed by atoms with E-state index in [-0.39, 0.29) is 12.0 Å². The van der Waals surface area contributed by atoms with Crippen LogP contribution in [0.1, 0.15) is 24.8 Å². The zero-order valence-corrected chi connectivity index (χ0v) is 9.79. The summed E-state index contributed by atoms with van der Waals surface area (Å²) in [5.41, 5.74) is 0.222. The molecule has 94 valence electrons. The van der Waals surface area contributed by atoms with Crippen LogP contribution < -0.4 is 5.32 Å². The second-order valence-corrected chi connectivity index (χ2v) is 3.97. The first-order valence-corrected chi connectivity index (χ1v) is 5.86. The minimum atomic E-state index is -1.02. The summed E-state index contributed by atoms with van der Waals surface area (Å²) in [6, 6.07) is 5.85. The van der Waals surface area contributed by atoms with Gasteiger partial charge in [0, 0.05) is 0 Å². The van der Waals surface area contributed by atoms with Gasteiger partial charge in [0.25, 0.3) is 0 Å². The van der Waals surface area contributed by atoms with Gasteiger partial charge in [-0.2, -0.15) is 0 Å². The van der Waals surface area contributed by atoms with Gasteiger partial charge in [-0.25, -0.2) is 4.39 Å². The minimum absolute atomic E-state index is 0.222. The van der Waals surface area contributed by atoms with E-state index in [1.165, 1.54) is 50.6 Å². The van der Waals surface area contributed by atoms with Crippen molar-refractivity contribution in [3.63, 3.8) is 0 Å². The highest BCUT2D eigenvalue weighted by Gasteiger charge is 2.04. The Labute approximate surface area is 101 Å². The van der Waals surface area contributed by atoms with Gasteiger partial charge in [0.1, 0.15) is 5.82 Å². The van der Waals surface area contributed by atoms with E-state index in [1.807, 2.05) is 0 Å². The normalized spacial score (nSPS) is 14.6. The van der Waals surface area contributed by atoms with Gasteiger partial charge in [-0.1, -0.05) is 24.6 Å². The highest BCUT2D eigenvalue weighted by atomic mass is 19.1. The number of carboxylic acid groups (broad SMARTS) is 1. The highest BCUT2D eigenvalue weighted by Crippen LogP contribution is 2.06. The summed E-state index contributed by atoms with van der Waals surface area (Å²) < 4.78 is 12.7. The molecule has 0 saturated carbocycles. The minimum Gasteiger partial charge on any atom is -0.481 e. The number of nitrogens with one attached hydrogen (secondary N) is 1. The van der Waals surface area contributed by atoms with E-state index < -0.39 is 11.8 Å². The fourth-order valence-electron chi connectivity index (χ4n) is 1.61. The molecule has 0 radical (unpaired) electrons. The lowest BCUT2D eigenvalue weighted by atomic mass is 10.1. The third kappa shape index (κ3) is 6.02. The van der Waals surface area contributed by atoms with Crippen LogP contribution in [0.5, 0.6) is 0 Å². The number of aliphatic carboxylic acids is 1. The maximum absolute atomic E-state index is 12.7. The van der Waals surface area contributed by atoms with Gasteiger partial charge in [-0.05, 0) is 37.6 Å². The standard InChI is InChI=1S/C8H7FO2.C5H11N/c9-7-4-2-1-3-6(7)5-8(10)11;1-2-4-6-5-3-1/h1-4H,5H2,(H,10,11);6H,1-5H2. The smallest absolute Gasteiger partial charge is 0.307 e. The van der Waals surface area contributed by atoms with Crippen LogP contribution in [0.15, 0.2) is 24.3 Å². The van der Waals surface area contributed by atoms with E-state index in [2.05, 4.69) is 5.32 Å². The fourth-order valence-corrected chi connectivity index (χ4v) is 1.61. The zero-order chi connectivity index (χ0) is 12.5. The van der Waals surface area contributed by atoms with Gasteiger partial charge < -0.3 is 10.4 Å². The van der Waals surface area contributed by atoms with E-state index in [4.69, 9.17) is 5.11 Å². The molecule has 0 bridgehead atoms. The number of carboxylic acids is 1. The lowest BCUT2D eigenvalue weighted by Gasteiger charge is -2.08. The zero-order valence-electron chi connectivity index (χ0n) is 9.79. The number of halogens is 1. The first-order valence-electron chi connectivity index (χ1n) is 5.86. The molecule has 2 N–H and O–H groups in total. The third-order valence-corrected chi connectivity index (χ3v) is 2.51. The molecule has 1 heterocycles. The monoisotopic (exact) mass is 239 g/mol. The Balaban J connectivity index is 0.000000202. The van der Waals surface area contributed by atoms with Crippen LogP contribution in [0, 0.1) is 5.82 Å². The number of rotatable bonds is 2. The van der Waals surface area contributed by atoms with Crippen molar-refractivity contribution in [2.24, 2.45) is 0 Å². The Morgan fingerprint density at radius 2 is 1.88 bits per heavy atom. The van der Waals surface area contributed by atoms with Crippen molar-refractivity contribution in [3.05, 3.63) is 35.6 Å². The summed E-state index contributed by atoms with van der Waals surface area (Å²) in [6.07, 6.45) is 3.96. The number of hydrogen-bond donors (Lipinski definition) is 2. The summed E-state index contributed by atoms with van der Waals surface area (Å²) in [5.74, 6) is -1.48.